The van der Waals surface area contributed by atoms with E-state index < -0.39 is 13.6 Å². The van der Waals surface area contributed by atoms with Crippen LogP contribution in [0.3, 0.4) is 0 Å². The summed E-state index contributed by atoms with van der Waals surface area (Å²) in [5, 5.41) is 0. The third kappa shape index (κ3) is 3.45. The molecule has 0 bridgehead atoms. The first-order valence-corrected chi connectivity index (χ1v) is 7.90. The summed E-state index contributed by atoms with van der Waals surface area (Å²) >= 11 is 0. The van der Waals surface area contributed by atoms with Gasteiger partial charge in [0.25, 0.3) is 0 Å². The summed E-state index contributed by atoms with van der Waals surface area (Å²) < 4.78 is 27.8. The molecule has 0 unspecified atom stereocenters. The van der Waals surface area contributed by atoms with E-state index in [4.69, 9.17) is 13.8 Å². The number of nitrogens with zero attached hydrogens (tertiary/aromatic N) is 1. The lowest BCUT2D eigenvalue weighted by molar-refractivity contribution is 0.0598. The summed E-state index contributed by atoms with van der Waals surface area (Å²) in [7, 11) is -2.14. The van der Waals surface area contributed by atoms with Crippen LogP contribution >= 0.6 is 7.60 Å². The van der Waals surface area contributed by atoms with Crippen molar-refractivity contribution in [1.29, 1.82) is 0 Å². The number of hydrogen-bond acceptors (Lipinski definition) is 6. The monoisotopic (exact) mass is 301 g/mol. The van der Waals surface area contributed by atoms with Gasteiger partial charge in [-0.25, -0.2) is 9.78 Å². The highest BCUT2D eigenvalue weighted by Crippen LogP contribution is 2.46. The molecule has 0 aromatic carbocycles. The molecule has 6 nitrogen and oxygen atoms in total. The van der Waals surface area contributed by atoms with Gasteiger partial charge >= 0.3 is 13.6 Å². The van der Waals surface area contributed by atoms with E-state index in [1.54, 1.807) is 33.8 Å². The minimum atomic E-state index is -3.45. The number of pyridine rings is 1. The molecule has 0 amide bonds. The Balaban J connectivity index is 3.34. The van der Waals surface area contributed by atoms with Crippen molar-refractivity contribution in [1.82, 2.24) is 4.98 Å². The third-order valence-electron chi connectivity index (χ3n) is 2.65. The van der Waals surface area contributed by atoms with Crippen LogP contribution < -0.4 is 5.44 Å². The summed E-state index contributed by atoms with van der Waals surface area (Å²) in [6, 6.07) is 1.55. The Morgan fingerprint density at radius 2 is 1.80 bits per heavy atom. The molecule has 0 N–H and O–H groups in total. The Morgan fingerprint density at radius 3 is 2.20 bits per heavy atom. The van der Waals surface area contributed by atoms with Gasteiger partial charge in [0, 0.05) is 0 Å². The SMILES string of the molecule is CCOP(=O)(OCC)c1cc(C)c(C(=O)OC)c(C)n1. The highest BCUT2D eigenvalue weighted by atomic mass is 31.2. The maximum Gasteiger partial charge on any atom is 0.379 e. The van der Waals surface area contributed by atoms with Crippen molar-refractivity contribution >= 4 is 19.0 Å². The molecule has 1 aromatic rings. The Bertz CT molecular complexity index is 511. The molecule has 20 heavy (non-hydrogen) atoms. The number of aromatic nitrogens is 1. The number of carbonyl (C=O) groups excluding carboxylic acids is 1. The zero-order valence-corrected chi connectivity index (χ0v) is 13.3. The molecular weight excluding hydrogens is 281 g/mol. The molecule has 0 aliphatic rings. The fraction of sp³-hybridized carbons (Fsp3) is 0.538. The molecule has 1 rings (SSSR count). The van der Waals surface area contributed by atoms with Crippen LogP contribution in [0.25, 0.3) is 0 Å². The summed E-state index contributed by atoms with van der Waals surface area (Å²) in [5.74, 6) is -0.471. The van der Waals surface area contributed by atoms with Crippen molar-refractivity contribution in [3.8, 4) is 0 Å². The Hall–Kier alpha value is -1.23. The minimum absolute atomic E-state index is 0.212. The van der Waals surface area contributed by atoms with Gasteiger partial charge in [-0.1, -0.05) is 0 Å². The van der Waals surface area contributed by atoms with Gasteiger partial charge in [-0.15, -0.1) is 0 Å². The first kappa shape index (κ1) is 16.8. The number of esters is 1. The van der Waals surface area contributed by atoms with Gasteiger partial charge in [0.15, 0.2) is 5.44 Å². The Morgan fingerprint density at radius 1 is 1.25 bits per heavy atom. The molecule has 0 radical (unpaired) electrons. The van der Waals surface area contributed by atoms with Crippen molar-refractivity contribution in [2.45, 2.75) is 27.7 Å². The van der Waals surface area contributed by atoms with Gasteiger partial charge in [-0.05, 0) is 39.3 Å². The van der Waals surface area contributed by atoms with Gasteiger partial charge < -0.3 is 13.8 Å². The molecule has 112 valence electrons. The van der Waals surface area contributed by atoms with E-state index in [1.165, 1.54) is 7.11 Å². The van der Waals surface area contributed by atoms with Crippen LogP contribution in [0.2, 0.25) is 0 Å². The molecule has 0 aliphatic carbocycles. The fourth-order valence-corrected chi connectivity index (χ4v) is 3.51. The summed E-state index contributed by atoms with van der Waals surface area (Å²) in [4.78, 5) is 15.9. The molecule has 0 saturated carbocycles. The number of hydrogen-bond donors (Lipinski definition) is 0. The average molecular weight is 301 g/mol. The molecule has 0 atom stereocenters. The van der Waals surface area contributed by atoms with Crippen LogP contribution in [-0.4, -0.2) is 31.3 Å². The van der Waals surface area contributed by atoms with E-state index in [-0.39, 0.29) is 18.6 Å². The fourth-order valence-electron chi connectivity index (χ4n) is 1.87. The van der Waals surface area contributed by atoms with Gasteiger partial charge in [0.1, 0.15) is 0 Å². The highest BCUT2D eigenvalue weighted by molar-refractivity contribution is 7.61. The van der Waals surface area contributed by atoms with Gasteiger partial charge in [0.2, 0.25) is 0 Å². The number of aryl methyl sites for hydroxylation is 2. The molecule has 0 saturated heterocycles. The smallest absolute Gasteiger partial charge is 0.379 e. The molecule has 1 aromatic heterocycles. The largest absolute Gasteiger partial charge is 0.465 e. The Kier molecular flexibility index (Phi) is 5.87. The van der Waals surface area contributed by atoms with Crippen LogP contribution in [0.15, 0.2) is 6.07 Å². The minimum Gasteiger partial charge on any atom is -0.465 e. The zero-order chi connectivity index (χ0) is 15.3. The Labute approximate surface area is 119 Å². The van der Waals surface area contributed by atoms with E-state index in [1.807, 2.05) is 0 Å². The quantitative estimate of drug-likeness (QED) is 0.593. The van der Waals surface area contributed by atoms with E-state index >= 15 is 0 Å². The molecule has 0 fully saturated rings. The second-order valence-corrected chi connectivity index (χ2v) is 6.05. The lowest BCUT2D eigenvalue weighted by atomic mass is 10.1. The third-order valence-corrected chi connectivity index (χ3v) is 4.64. The number of carbonyl (C=O) groups is 1. The highest BCUT2D eigenvalue weighted by Gasteiger charge is 2.30. The van der Waals surface area contributed by atoms with Crippen molar-refractivity contribution in [3.63, 3.8) is 0 Å². The second-order valence-electron chi connectivity index (χ2n) is 4.08. The second kappa shape index (κ2) is 6.97. The maximum absolute atomic E-state index is 12.6. The van der Waals surface area contributed by atoms with Crippen LogP contribution in [-0.2, 0) is 18.3 Å². The molecule has 0 spiro atoms. The average Bonchev–Trinajstić information content (AvgIpc) is 2.38. The summed E-state index contributed by atoms with van der Waals surface area (Å²) in [6.07, 6.45) is 0. The first-order valence-electron chi connectivity index (χ1n) is 6.35. The number of ether oxygens (including phenoxy) is 1. The number of methoxy groups -OCH3 is 1. The van der Waals surface area contributed by atoms with E-state index in [0.717, 1.165) is 0 Å². The first-order chi connectivity index (χ1) is 9.39. The number of rotatable bonds is 6. The lowest BCUT2D eigenvalue weighted by Gasteiger charge is -2.18. The van der Waals surface area contributed by atoms with Gasteiger partial charge in [-0.2, -0.15) is 0 Å². The molecule has 1 heterocycles. The van der Waals surface area contributed by atoms with Crippen molar-refractivity contribution in [3.05, 3.63) is 22.9 Å². The molecular formula is C13H20NO5P. The van der Waals surface area contributed by atoms with Gasteiger partial charge in [-0.3, -0.25) is 4.57 Å². The molecule has 0 aliphatic heterocycles. The van der Waals surface area contributed by atoms with E-state index in [0.29, 0.717) is 16.8 Å². The van der Waals surface area contributed by atoms with Crippen molar-refractivity contribution < 1.29 is 23.1 Å². The summed E-state index contributed by atoms with van der Waals surface area (Å²) in [6.45, 7) is 7.34. The lowest BCUT2D eigenvalue weighted by Crippen LogP contribution is -2.19. The topological polar surface area (TPSA) is 74.7 Å². The van der Waals surface area contributed by atoms with E-state index in [2.05, 4.69) is 4.98 Å². The summed E-state index contributed by atoms with van der Waals surface area (Å²) in [5.41, 5.74) is 1.64. The standard InChI is InChI=1S/C13H20NO5P/c1-6-18-20(16,19-7-2)11-8-9(3)12(10(4)14-11)13(15)17-5/h8H,6-7H2,1-5H3. The van der Waals surface area contributed by atoms with Crippen LogP contribution in [0.5, 0.6) is 0 Å². The zero-order valence-electron chi connectivity index (χ0n) is 12.4. The van der Waals surface area contributed by atoms with Crippen LogP contribution in [0.1, 0.15) is 35.5 Å². The van der Waals surface area contributed by atoms with Crippen molar-refractivity contribution in [2.75, 3.05) is 20.3 Å². The van der Waals surface area contributed by atoms with E-state index in [9.17, 15) is 9.36 Å². The maximum atomic E-state index is 12.6. The van der Waals surface area contributed by atoms with Crippen molar-refractivity contribution in [2.24, 2.45) is 0 Å². The van der Waals surface area contributed by atoms with Crippen LogP contribution in [0, 0.1) is 13.8 Å². The van der Waals surface area contributed by atoms with Crippen LogP contribution in [0.4, 0.5) is 0 Å². The van der Waals surface area contributed by atoms with Gasteiger partial charge in [0.05, 0.1) is 31.6 Å². The normalized spacial score (nSPS) is 11.4. The predicted octanol–water partition coefficient (Wildman–Crippen LogP) is 2.38. The predicted molar refractivity (Wildman–Crippen MR) is 75.5 cm³/mol. The molecule has 7 heteroatoms.